The zero-order chi connectivity index (χ0) is 12.3. The molecule has 1 aromatic heterocycles. The summed E-state index contributed by atoms with van der Waals surface area (Å²) in [4.78, 5) is 10.2. The van der Waals surface area contributed by atoms with E-state index >= 15 is 0 Å². The van der Waals surface area contributed by atoms with Gasteiger partial charge in [-0.15, -0.1) is 0 Å². The minimum atomic E-state index is -0.367. The molecule has 5 heteroatoms. The Morgan fingerprint density at radius 2 is 2.41 bits per heavy atom. The summed E-state index contributed by atoms with van der Waals surface area (Å²) in [6.07, 6.45) is 3.66. The number of hydrogen-bond acceptors (Lipinski definition) is 4. The third kappa shape index (κ3) is 3.17. The molecule has 1 aliphatic heterocycles. The molecule has 0 spiro atoms. The van der Waals surface area contributed by atoms with Crippen molar-refractivity contribution in [2.24, 2.45) is 10.9 Å². The summed E-state index contributed by atoms with van der Waals surface area (Å²) >= 11 is 0. The van der Waals surface area contributed by atoms with Crippen LogP contribution in [0.25, 0.3) is 0 Å². The third-order valence-corrected chi connectivity index (χ3v) is 2.82. The van der Waals surface area contributed by atoms with Gasteiger partial charge in [0.25, 0.3) is 0 Å². The van der Waals surface area contributed by atoms with Gasteiger partial charge in [-0.25, -0.2) is 14.4 Å². The number of nitrogens with zero attached hydrogens (tertiary/aromatic N) is 3. The van der Waals surface area contributed by atoms with Crippen LogP contribution < -0.4 is 0 Å². The Hall–Kier alpha value is -1.62. The van der Waals surface area contributed by atoms with Crippen LogP contribution >= 0.6 is 0 Å². The fourth-order valence-electron chi connectivity index (χ4n) is 1.78. The van der Waals surface area contributed by atoms with Crippen molar-refractivity contribution in [1.82, 2.24) is 9.88 Å². The van der Waals surface area contributed by atoms with E-state index in [1.807, 2.05) is 7.05 Å². The highest BCUT2D eigenvalue weighted by atomic mass is 19.1. The molecular weight excluding hydrogens is 219 g/mol. The summed E-state index contributed by atoms with van der Waals surface area (Å²) in [5, 5.41) is 7.84. The van der Waals surface area contributed by atoms with Gasteiger partial charge in [-0.1, -0.05) is 0 Å². The van der Waals surface area contributed by atoms with Crippen LogP contribution in [-0.2, 0) is 0 Å². The molecule has 0 saturated carbocycles. The van der Waals surface area contributed by atoms with Crippen LogP contribution in [0.5, 0.6) is 0 Å². The predicted octanol–water partition coefficient (Wildman–Crippen LogP) is 1.89. The highest BCUT2D eigenvalue weighted by molar-refractivity contribution is 5.98. The quantitative estimate of drug-likeness (QED) is 0.794. The summed E-state index contributed by atoms with van der Waals surface area (Å²) < 4.78 is 12.6. The highest BCUT2D eigenvalue weighted by Gasteiger charge is 2.20. The molecule has 1 saturated heterocycles. The molecule has 1 N–H and O–H groups in total. The first-order chi connectivity index (χ1) is 8.15. The molecular formula is C12H15FN4. The minimum Gasteiger partial charge on any atom is -0.309 e. The number of hydrogen-bond donors (Lipinski definition) is 1. The molecule has 1 fully saturated rings. The Morgan fingerprint density at radius 3 is 3.12 bits per heavy atom. The van der Waals surface area contributed by atoms with Crippen molar-refractivity contribution in [2.75, 3.05) is 20.1 Å². The lowest BCUT2D eigenvalue weighted by Crippen LogP contribution is -2.38. The lowest BCUT2D eigenvalue weighted by atomic mass is 9.97. The molecule has 0 aromatic carbocycles. The number of piperidine rings is 1. The van der Waals surface area contributed by atoms with Gasteiger partial charge in [-0.2, -0.15) is 0 Å². The maximum atomic E-state index is 12.6. The summed E-state index contributed by atoms with van der Waals surface area (Å²) in [5.74, 6) is 0.155. The van der Waals surface area contributed by atoms with Crippen molar-refractivity contribution in [3.63, 3.8) is 0 Å². The summed E-state index contributed by atoms with van der Waals surface area (Å²) in [6.45, 7) is 1.74. The summed E-state index contributed by atoms with van der Waals surface area (Å²) in [5.41, 5.74) is 0.703. The number of likely N-dealkylation sites (tertiary alicyclic amines) is 1. The molecule has 1 aromatic rings. The summed E-state index contributed by atoms with van der Waals surface area (Å²) in [7, 11) is 2.03. The Morgan fingerprint density at radius 1 is 1.59 bits per heavy atom. The van der Waals surface area contributed by atoms with Crippen LogP contribution in [0.15, 0.2) is 23.3 Å². The molecule has 0 aliphatic carbocycles. The molecule has 0 radical (unpaired) electrons. The fourth-order valence-corrected chi connectivity index (χ4v) is 1.78. The van der Waals surface area contributed by atoms with Crippen LogP contribution in [0.2, 0.25) is 0 Å². The van der Waals surface area contributed by atoms with E-state index in [-0.39, 0.29) is 11.7 Å². The van der Waals surface area contributed by atoms with E-state index in [4.69, 9.17) is 5.41 Å². The molecule has 1 unspecified atom stereocenters. The Kier molecular flexibility index (Phi) is 3.58. The first kappa shape index (κ1) is 11.9. The van der Waals surface area contributed by atoms with Gasteiger partial charge in [0.2, 0.25) is 0 Å². The molecule has 2 rings (SSSR count). The van der Waals surface area contributed by atoms with Gasteiger partial charge in [0.05, 0.1) is 6.20 Å². The van der Waals surface area contributed by atoms with Gasteiger partial charge < -0.3 is 10.3 Å². The van der Waals surface area contributed by atoms with Gasteiger partial charge in [0, 0.05) is 30.9 Å². The Bertz CT molecular complexity index is 427. The largest absolute Gasteiger partial charge is 0.309 e. The minimum absolute atomic E-state index is 0.0422. The lowest BCUT2D eigenvalue weighted by Gasteiger charge is -2.27. The SMILES string of the molecule is CN1CCC(=N)C(C=Nc2ccc(F)cn2)C1. The lowest BCUT2D eigenvalue weighted by molar-refractivity contribution is 0.317. The highest BCUT2D eigenvalue weighted by Crippen LogP contribution is 2.12. The number of pyridine rings is 1. The average molecular weight is 234 g/mol. The number of aliphatic imine (C=N–C) groups is 1. The van der Waals surface area contributed by atoms with Crippen LogP contribution in [0.3, 0.4) is 0 Å². The topological polar surface area (TPSA) is 52.3 Å². The molecule has 1 aliphatic rings. The van der Waals surface area contributed by atoms with Crippen LogP contribution in [-0.4, -0.2) is 41.9 Å². The van der Waals surface area contributed by atoms with E-state index in [1.165, 1.54) is 12.1 Å². The normalized spacial score (nSPS) is 22.2. The van der Waals surface area contributed by atoms with E-state index in [0.717, 1.165) is 25.7 Å². The van der Waals surface area contributed by atoms with E-state index in [9.17, 15) is 4.39 Å². The first-order valence-corrected chi connectivity index (χ1v) is 5.57. The second kappa shape index (κ2) is 5.14. The predicted molar refractivity (Wildman–Crippen MR) is 65.7 cm³/mol. The van der Waals surface area contributed by atoms with Gasteiger partial charge in [0.15, 0.2) is 5.82 Å². The smallest absolute Gasteiger partial charge is 0.151 e. The number of aromatic nitrogens is 1. The Labute approximate surface area is 99.7 Å². The van der Waals surface area contributed by atoms with Crippen molar-refractivity contribution in [3.8, 4) is 0 Å². The van der Waals surface area contributed by atoms with Crippen molar-refractivity contribution in [2.45, 2.75) is 6.42 Å². The maximum absolute atomic E-state index is 12.6. The molecule has 0 amide bonds. The zero-order valence-electron chi connectivity index (χ0n) is 9.73. The van der Waals surface area contributed by atoms with E-state index in [2.05, 4.69) is 14.9 Å². The molecule has 4 nitrogen and oxygen atoms in total. The van der Waals surface area contributed by atoms with Crippen LogP contribution in [0, 0.1) is 17.1 Å². The van der Waals surface area contributed by atoms with Crippen LogP contribution in [0.1, 0.15) is 6.42 Å². The third-order valence-electron chi connectivity index (χ3n) is 2.82. The van der Waals surface area contributed by atoms with Crippen molar-refractivity contribution in [3.05, 3.63) is 24.1 Å². The number of nitrogens with one attached hydrogen (secondary N) is 1. The molecule has 1 atom stereocenters. The maximum Gasteiger partial charge on any atom is 0.151 e. The van der Waals surface area contributed by atoms with Crippen molar-refractivity contribution >= 4 is 17.7 Å². The van der Waals surface area contributed by atoms with Gasteiger partial charge in [-0.3, -0.25) is 0 Å². The van der Waals surface area contributed by atoms with Gasteiger partial charge in [0.1, 0.15) is 5.82 Å². The van der Waals surface area contributed by atoms with Crippen LogP contribution in [0.4, 0.5) is 10.2 Å². The van der Waals surface area contributed by atoms with Gasteiger partial charge >= 0.3 is 0 Å². The van der Waals surface area contributed by atoms with E-state index in [0.29, 0.717) is 11.5 Å². The number of rotatable bonds is 2. The average Bonchev–Trinajstić information content (AvgIpc) is 2.32. The first-order valence-electron chi connectivity index (χ1n) is 5.57. The zero-order valence-corrected chi connectivity index (χ0v) is 9.73. The second-order valence-corrected chi connectivity index (χ2v) is 4.26. The summed E-state index contributed by atoms with van der Waals surface area (Å²) in [6, 6.07) is 2.86. The van der Waals surface area contributed by atoms with Gasteiger partial charge in [-0.05, 0) is 25.6 Å². The Balaban J connectivity index is 2.04. The molecule has 0 bridgehead atoms. The number of halogens is 1. The van der Waals surface area contributed by atoms with E-state index < -0.39 is 0 Å². The molecule has 17 heavy (non-hydrogen) atoms. The molecule has 2 heterocycles. The van der Waals surface area contributed by atoms with Crippen molar-refractivity contribution < 1.29 is 4.39 Å². The van der Waals surface area contributed by atoms with E-state index in [1.54, 1.807) is 6.21 Å². The second-order valence-electron chi connectivity index (χ2n) is 4.26. The fraction of sp³-hybridized carbons (Fsp3) is 0.417. The molecule has 90 valence electrons. The standard InChI is InChI=1S/C12H15FN4/c1-17-5-4-11(14)9(8-17)6-15-12-3-2-10(13)7-16-12/h2-3,6-7,9,14H,4-5,8H2,1H3. The monoisotopic (exact) mass is 234 g/mol. The van der Waals surface area contributed by atoms with Crippen molar-refractivity contribution in [1.29, 1.82) is 5.41 Å².